The van der Waals surface area contributed by atoms with Crippen LogP contribution in [0.3, 0.4) is 0 Å². The molecule has 33 heavy (non-hydrogen) atoms. The highest BCUT2D eigenvalue weighted by Gasteiger charge is 2.76. The molecule has 178 valence electrons. The normalized spacial score (nSPS) is 32.3. The summed E-state index contributed by atoms with van der Waals surface area (Å²) in [5, 5.41) is 11.5. The second-order valence-electron chi connectivity index (χ2n) is 8.53. The van der Waals surface area contributed by atoms with Gasteiger partial charge in [-0.05, 0) is 39.0 Å². The van der Waals surface area contributed by atoms with Gasteiger partial charge in [0.2, 0.25) is 11.8 Å². The first-order valence-electron chi connectivity index (χ1n) is 10.0. The van der Waals surface area contributed by atoms with Gasteiger partial charge in [-0.25, -0.2) is 9.69 Å². The number of anilines is 1. The van der Waals surface area contributed by atoms with Crippen LogP contribution in [0.2, 0.25) is 0 Å². The van der Waals surface area contributed by atoms with E-state index in [9.17, 15) is 27.6 Å². The Balaban J connectivity index is 0.00000306. The van der Waals surface area contributed by atoms with Crippen LogP contribution in [0.5, 0.6) is 0 Å². The Bertz CT molecular complexity index is 1070. The van der Waals surface area contributed by atoms with Gasteiger partial charge < -0.3 is 14.8 Å². The summed E-state index contributed by atoms with van der Waals surface area (Å²) in [6.07, 6.45) is -6.18. The first-order chi connectivity index (χ1) is 14.9. The van der Waals surface area contributed by atoms with E-state index in [2.05, 4.69) is 5.32 Å². The Kier molecular flexibility index (Phi) is 5.74. The minimum Gasteiger partial charge on any atom is -0.443 e. The van der Waals surface area contributed by atoms with Crippen LogP contribution in [-0.2, 0) is 25.2 Å². The van der Waals surface area contributed by atoms with E-state index < -0.39 is 64.4 Å². The molecule has 11 heteroatoms. The van der Waals surface area contributed by atoms with Crippen molar-refractivity contribution < 1.29 is 37.0 Å². The zero-order chi connectivity index (χ0) is 23.6. The van der Waals surface area contributed by atoms with Crippen molar-refractivity contribution in [3.05, 3.63) is 29.3 Å². The fraction of sp³-hybridized carbons (Fsp3) is 0.545. The number of carbonyl (C=O) groups is 3. The average molecular weight is 467 g/mol. The molecular formula is C22H24F3N3O5. The lowest BCUT2D eigenvalue weighted by Crippen LogP contribution is -2.51. The standard InChI is InChI=1S/C21H20F3N3O5.CH4/c1-4-26-18(30)31-13-8-19(2)14-15(20(13,3)32-19)17(29)27(16(14)28)11-6-5-10(9-25)12(7-11)21(22,23)24;/h5-7,13-15H,4,8H2,1-3H3,(H,26,30);1H4/t13-,14-,15+,19-,20+;/m1./s1. The van der Waals surface area contributed by atoms with E-state index in [1.165, 1.54) is 6.07 Å². The summed E-state index contributed by atoms with van der Waals surface area (Å²) in [5.74, 6) is -3.37. The number of imide groups is 1. The highest BCUT2D eigenvalue weighted by molar-refractivity contribution is 6.23. The van der Waals surface area contributed by atoms with Crippen molar-refractivity contribution >= 4 is 23.6 Å². The molecule has 3 aliphatic rings. The van der Waals surface area contributed by atoms with Gasteiger partial charge in [0.1, 0.15) is 11.7 Å². The fourth-order valence-corrected chi connectivity index (χ4v) is 5.23. The summed E-state index contributed by atoms with van der Waals surface area (Å²) in [4.78, 5) is 39.2. The SMILES string of the molecule is C.CCNC(=O)O[C@@H]1C[C@@]2(C)O[C@]1(C)[C@@H]1C(=O)N(c3ccc(C#N)c(C(F)(F)F)c3)C(=O)[C@@H]12. The Morgan fingerprint density at radius 3 is 2.52 bits per heavy atom. The first kappa shape index (κ1) is 24.5. The van der Waals surface area contributed by atoms with Gasteiger partial charge in [0.05, 0.1) is 40.3 Å². The van der Waals surface area contributed by atoms with E-state index in [0.29, 0.717) is 12.6 Å². The predicted molar refractivity (Wildman–Crippen MR) is 109 cm³/mol. The number of halogens is 3. The van der Waals surface area contributed by atoms with Crippen LogP contribution in [-0.4, -0.2) is 41.8 Å². The van der Waals surface area contributed by atoms with E-state index in [0.717, 1.165) is 17.0 Å². The minimum absolute atomic E-state index is 0. The second kappa shape index (κ2) is 7.73. The quantitative estimate of drug-likeness (QED) is 0.683. The van der Waals surface area contributed by atoms with Crippen LogP contribution in [0.4, 0.5) is 23.7 Å². The number of rotatable bonds is 3. The molecule has 5 atom stereocenters. The van der Waals surface area contributed by atoms with Crippen LogP contribution in [0.1, 0.15) is 45.7 Å². The van der Waals surface area contributed by atoms with Gasteiger partial charge in [-0.1, -0.05) is 7.43 Å². The van der Waals surface area contributed by atoms with Crippen molar-refractivity contribution in [2.45, 2.75) is 58.1 Å². The molecule has 8 nitrogen and oxygen atoms in total. The van der Waals surface area contributed by atoms with Crippen LogP contribution in [0.15, 0.2) is 18.2 Å². The number of fused-ring (bicyclic) bond motifs is 5. The summed E-state index contributed by atoms with van der Waals surface area (Å²) in [7, 11) is 0. The van der Waals surface area contributed by atoms with Crippen LogP contribution in [0.25, 0.3) is 0 Å². The van der Waals surface area contributed by atoms with Crippen LogP contribution >= 0.6 is 0 Å². The smallest absolute Gasteiger partial charge is 0.417 e. The molecule has 3 heterocycles. The molecule has 0 aliphatic carbocycles. The number of amides is 3. The minimum atomic E-state index is -4.84. The number of hydrogen-bond acceptors (Lipinski definition) is 6. The van der Waals surface area contributed by atoms with Crippen molar-refractivity contribution in [3.8, 4) is 6.07 Å². The maximum absolute atomic E-state index is 13.4. The van der Waals surface area contributed by atoms with Gasteiger partial charge in [0, 0.05) is 13.0 Å². The fourth-order valence-electron chi connectivity index (χ4n) is 5.23. The predicted octanol–water partition coefficient (Wildman–Crippen LogP) is 3.38. The summed E-state index contributed by atoms with van der Waals surface area (Å²) in [6, 6.07) is 4.17. The third kappa shape index (κ3) is 3.44. The molecule has 3 fully saturated rings. The maximum atomic E-state index is 13.4. The Morgan fingerprint density at radius 2 is 1.94 bits per heavy atom. The van der Waals surface area contributed by atoms with Crippen molar-refractivity contribution in [2.24, 2.45) is 11.8 Å². The molecule has 0 aromatic heterocycles. The molecule has 0 spiro atoms. The van der Waals surface area contributed by atoms with E-state index in [1.54, 1.807) is 20.8 Å². The lowest BCUT2D eigenvalue weighted by atomic mass is 9.67. The third-order valence-electron chi connectivity index (χ3n) is 6.52. The van der Waals surface area contributed by atoms with Gasteiger partial charge in [-0.2, -0.15) is 18.4 Å². The van der Waals surface area contributed by atoms with Gasteiger partial charge in [0.25, 0.3) is 0 Å². The molecule has 4 rings (SSSR count). The van der Waals surface area contributed by atoms with Crippen molar-refractivity contribution in [2.75, 3.05) is 11.4 Å². The first-order valence-corrected chi connectivity index (χ1v) is 10.0. The van der Waals surface area contributed by atoms with E-state index in [1.807, 2.05) is 0 Å². The number of benzene rings is 1. The summed E-state index contributed by atoms with van der Waals surface area (Å²) >= 11 is 0. The lowest BCUT2D eigenvalue weighted by molar-refractivity contribution is -0.138. The number of alkyl halides is 3. The highest BCUT2D eigenvalue weighted by Crippen LogP contribution is 2.61. The van der Waals surface area contributed by atoms with E-state index >= 15 is 0 Å². The number of nitrogens with one attached hydrogen (secondary N) is 1. The lowest BCUT2D eigenvalue weighted by Gasteiger charge is -2.34. The average Bonchev–Trinajstić information content (AvgIpc) is 3.21. The monoisotopic (exact) mass is 467 g/mol. The second-order valence-corrected chi connectivity index (χ2v) is 8.53. The number of nitriles is 1. The number of ether oxygens (including phenoxy) is 2. The van der Waals surface area contributed by atoms with Gasteiger partial charge in [0.15, 0.2) is 0 Å². The maximum Gasteiger partial charge on any atom is 0.417 e. The number of carbonyl (C=O) groups excluding carboxylic acids is 3. The topological polar surface area (TPSA) is 109 Å². The van der Waals surface area contributed by atoms with Crippen LogP contribution in [0, 0.1) is 23.2 Å². The molecule has 1 N–H and O–H groups in total. The van der Waals surface area contributed by atoms with Gasteiger partial charge in [-0.3, -0.25) is 9.59 Å². The molecule has 0 radical (unpaired) electrons. The van der Waals surface area contributed by atoms with Gasteiger partial charge >= 0.3 is 12.3 Å². The molecule has 2 bridgehead atoms. The van der Waals surface area contributed by atoms with E-state index in [-0.39, 0.29) is 19.5 Å². The van der Waals surface area contributed by atoms with Crippen molar-refractivity contribution in [3.63, 3.8) is 0 Å². The Morgan fingerprint density at radius 1 is 1.30 bits per heavy atom. The molecule has 1 aromatic carbocycles. The zero-order valence-corrected chi connectivity index (χ0v) is 17.4. The Hall–Kier alpha value is -3.13. The van der Waals surface area contributed by atoms with Crippen molar-refractivity contribution in [1.29, 1.82) is 5.26 Å². The van der Waals surface area contributed by atoms with E-state index in [4.69, 9.17) is 14.7 Å². The largest absolute Gasteiger partial charge is 0.443 e. The molecular weight excluding hydrogens is 443 g/mol. The summed E-state index contributed by atoms with van der Waals surface area (Å²) in [6.45, 7) is 5.24. The summed E-state index contributed by atoms with van der Waals surface area (Å²) < 4.78 is 51.7. The van der Waals surface area contributed by atoms with Gasteiger partial charge in [-0.15, -0.1) is 0 Å². The molecule has 3 saturated heterocycles. The van der Waals surface area contributed by atoms with Crippen LogP contribution < -0.4 is 10.2 Å². The highest BCUT2D eigenvalue weighted by atomic mass is 19.4. The zero-order valence-electron chi connectivity index (χ0n) is 17.4. The molecule has 0 unspecified atom stereocenters. The molecule has 1 aromatic rings. The molecule has 0 saturated carbocycles. The molecule has 3 amide bonds. The Labute approximate surface area is 188 Å². The number of hydrogen-bond donors (Lipinski definition) is 1. The number of nitrogens with zero attached hydrogens (tertiary/aromatic N) is 2. The summed E-state index contributed by atoms with van der Waals surface area (Å²) in [5.41, 5.74) is -4.56. The molecule has 3 aliphatic heterocycles. The third-order valence-corrected chi connectivity index (χ3v) is 6.52. The van der Waals surface area contributed by atoms with Crippen molar-refractivity contribution in [1.82, 2.24) is 5.32 Å². The number of alkyl carbamates (subject to hydrolysis) is 1.